The van der Waals surface area contributed by atoms with Gasteiger partial charge in [0.2, 0.25) is 0 Å². The summed E-state index contributed by atoms with van der Waals surface area (Å²) in [6.07, 6.45) is 5.59. The Bertz CT molecular complexity index is 498. The smallest absolute Gasteiger partial charge is 0.306 e. The maximum atomic E-state index is 12.0. The monoisotopic (exact) mass is 306 g/mol. The third kappa shape index (κ3) is 4.65. The second-order valence-electron chi connectivity index (χ2n) is 6.07. The lowest BCUT2D eigenvalue weighted by Gasteiger charge is -2.26. The highest BCUT2D eigenvalue weighted by molar-refractivity contribution is 5.70. The van der Waals surface area contributed by atoms with E-state index in [1.807, 2.05) is 18.2 Å². The summed E-state index contributed by atoms with van der Waals surface area (Å²) in [4.78, 5) is 12.0. The molecular formula is C18H26O4. The van der Waals surface area contributed by atoms with Crippen LogP contribution in [0.25, 0.3) is 0 Å². The Hall–Kier alpha value is -1.71. The highest BCUT2D eigenvalue weighted by atomic mass is 16.5. The molecule has 1 saturated carbocycles. The summed E-state index contributed by atoms with van der Waals surface area (Å²) in [6, 6.07) is 5.73. The lowest BCUT2D eigenvalue weighted by molar-refractivity contribution is -0.151. The summed E-state index contributed by atoms with van der Waals surface area (Å²) in [5, 5.41) is 0. The van der Waals surface area contributed by atoms with Crippen LogP contribution in [0.5, 0.6) is 11.5 Å². The van der Waals surface area contributed by atoms with Crippen molar-refractivity contribution >= 4 is 5.97 Å². The molecule has 0 spiro atoms. The molecule has 2 atom stereocenters. The molecule has 1 aliphatic rings. The highest BCUT2D eigenvalue weighted by Gasteiger charge is 2.22. The van der Waals surface area contributed by atoms with E-state index in [2.05, 4.69) is 6.92 Å². The average molecular weight is 306 g/mol. The molecule has 1 aromatic rings. The molecule has 0 aliphatic heterocycles. The van der Waals surface area contributed by atoms with Crippen molar-refractivity contribution in [3.05, 3.63) is 23.8 Å². The number of methoxy groups -OCH3 is 2. The maximum absolute atomic E-state index is 12.0. The molecule has 1 aromatic carbocycles. The summed E-state index contributed by atoms with van der Waals surface area (Å²) in [6.45, 7) is 2.23. The average Bonchev–Trinajstić information content (AvgIpc) is 2.52. The number of carbonyl (C=O) groups excluding carboxylic acids is 1. The zero-order valence-electron chi connectivity index (χ0n) is 13.8. The van der Waals surface area contributed by atoms with Gasteiger partial charge in [-0.25, -0.2) is 0 Å². The predicted molar refractivity (Wildman–Crippen MR) is 85.4 cm³/mol. The fourth-order valence-electron chi connectivity index (χ4n) is 3.01. The minimum Gasteiger partial charge on any atom is -0.493 e. The van der Waals surface area contributed by atoms with Gasteiger partial charge in [0.25, 0.3) is 0 Å². The Kier molecular flexibility index (Phi) is 6.10. The van der Waals surface area contributed by atoms with Crippen molar-refractivity contribution in [2.45, 2.75) is 51.6 Å². The Labute approximate surface area is 132 Å². The molecule has 0 N–H and O–H groups in total. The van der Waals surface area contributed by atoms with Crippen LogP contribution >= 0.6 is 0 Å². The minimum atomic E-state index is -0.103. The number of carbonyl (C=O) groups is 1. The van der Waals surface area contributed by atoms with Gasteiger partial charge in [0.15, 0.2) is 11.5 Å². The Morgan fingerprint density at radius 2 is 1.95 bits per heavy atom. The van der Waals surface area contributed by atoms with Crippen LogP contribution in [0.2, 0.25) is 0 Å². The number of ether oxygens (including phenoxy) is 3. The molecule has 0 amide bonds. The van der Waals surface area contributed by atoms with Gasteiger partial charge in [0.05, 0.1) is 14.2 Å². The van der Waals surface area contributed by atoms with Crippen molar-refractivity contribution in [2.24, 2.45) is 5.92 Å². The molecule has 0 bridgehead atoms. The molecule has 1 aliphatic carbocycles. The summed E-state index contributed by atoms with van der Waals surface area (Å²) in [5.74, 6) is 1.95. The van der Waals surface area contributed by atoms with E-state index in [4.69, 9.17) is 14.2 Å². The first-order chi connectivity index (χ1) is 10.6. The predicted octanol–water partition coefficient (Wildman–Crippen LogP) is 3.76. The lowest BCUT2D eigenvalue weighted by Crippen LogP contribution is -2.24. The normalized spacial score (nSPS) is 21.2. The second-order valence-corrected chi connectivity index (χ2v) is 6.07. The van der Waals surface area contributed by atoms with Crippen LogP contribution in [0.4, 0.5) is 0 Å². The number of hydrogen-bond acceptors (Lipinski definition) is 4. The van der Waals surface area contributed by atoms with E-state index in [1.165, 1.54) is 6.42 Å². The quantitative estimate of drug-likeness (QED) is 0.751. The van der Waals surface area contributed by atoms with Crippen molar-refractivity contribution in [2.75, 3.05) is 14.2 Å². The van der Waals surface area contributed by atoms with Crippen LogP contribution in [-0.2, 0) is 16.0 Å². The van der Waals surface area contributed by atoms with E-state index in [0.717, 1.165) is 24.8 Å². The molecule has 1 fully saturated rings. The second kappa shape index (κ2) is 8.06. The third-order valence-electron chi connectivity index (χ3n) is 4.25. The molecule has 0 radical (unpaired) electrons. The molecule has 0 saturated heterocycles. The van der Waals surface area contributed by atoms with Gasteiger partial charge in [-0.1, -0.05) is 19.4 Å². The van der Waals surface area contributed by atoms with E-state index < -0.39 is 0 Å². The van der Waals surface area contributed by atoms with E-state index >= 15 is 0 Å². The van der Waals surface area contributed by atoms with Crippen LogP contribution in [0, 0.1) is 5.92 Å². The van der Waals surface area contributed by atoms with Crippen molar-refractivity contribution < 1.29 is 19.0 Å². The maximum Gasteiger partial charge on any atom is 0.306 e. The van der Waals surface area contributed by atoms with Gasteiger partial charge in [-0.2, -0.15) is 0 Å². The Balaban J connectivity index is 1.83. The first-order valence-electron chi connectivity index (χ1n) is 8.02. The van der Waals surface area contributed by atoms with Crippen LogP contribution in [0.1, 0.15) is 44.6 Å². The van der Waals surface area contributed by atoms with E-state index in [9.17, 15) is 4.79 Å². The molecule has 2 rings (SSSR count). The van der Waals surface area contributed by atoms with E-state index in [0.29, 0.717) is 30.3 Å². The summed E-state index contributed by atoms with van der Waals surface area (Å²) >= 11 is 0. The number of benzene rings is 1. The number of hydrogen-bond donors (Lipinski definition) is 0. The van der Waals surface area contributed by atoms with E-state index in [1.54, 1.807) is 14.2 Å². The molecule has 0 aromatic heterocycles. The fraction of sp³-hybridized carbons (Fsp3) is 0.611. The van der Waals surface area contributed by atoms with Crippen LogP contribution in [0.15, 0.2) is 18.2 Å². The number of esters is 1. The van der Waals surface area contributed by atoms with Gasteiger partial charge in [0.1, 0.15) is 6.10 Å². The summed E-state index contributed by atoms with van der Waals surface area (Å²) in [7, 11) is 3.22. The molecule has 2 unspecified atom stereocenters. The molecule has 4 heteroatoms. The molecule has 122 valence electrons. The van der Waals surface area contributed by atoms with Gasteiger partial charge in [-0.15, -0.1) is 0 Å². The number of aryl methyl sites for hydroxylation is 1. The van der Waals surface area contributed by atoms with Gasteiger partial charge in [0, 0.05) is 6.42 Å². The van der Waals surface area contributed by atoms with E-state index in [-0.39, 0.29) is 12.1 Å². The molecule has 22 heavy (non-hydrogen) atoms. The van der Waals surface area contributed by atoms with Gasteiger partial charge in [-0.05, 0) is 49.3 Å². The lowest BCUT2D eigenvalue weighted by atomic mass is 9.89. The van der Waals surface area contributed by atoms with Gasteiger partial charge < -0.3 is 14.2 Å². The van der Waals surface area contributed by atoms with Crippen LogP contribution in [0.3, 0.4) is 0 Å². The van der Waals surface area contributed by atoms with Gasteiger partial charge >= 0.3 is 5.97 Å². The minimum absolute atomic E-state index is 0.103. The SMILES string of the molecule is COc1ccc(CCC(=O)OC2CCCC(C)C2)cc1OC. The standard InChI is InChI=1S/C18H26O4/c1-13-5-4-6-15(11-13)22-18(19)10-8-14-7-9-16(20-2)17(12-14)21-3/h7,9,12-13,15H,4-6,8,10-11H2,1-3H3. The Morgan fingerprint density at radius 3 is 2.64 bits per heavy atom. The summed E-state index contributed by atoms with van der Waals surface area (Å²) < 4.78 is 16.1. The first kappa shape index (κ1) is 16.7. The van der Waals surface area contributed by atoms with Gasteiger partial charge in [-0.3, -0.25) is 4.79 Å². The topological polar surface area (TPSA) is 44.8 Å². The van der Waals surface area contributed by atoms with Crippen LogP contribution in [-0.4, -0.2) is 26.3 Å². The molecule has 4 nitrogen and oxygen atoms in total. The van der Waals surface area contributed by atoms with Crippen LogP contribution < -0.4 is 9.47 Å². The zero-order valence-corrected chi connectivity index (χ0v) is 13.8. The fourth-order valence-corrected chi connectivity index (χ4v) is 3.01. The van der Waals surface area contributed by atoms with Crippen molar-refractivity contribution in [1.82, 2.24) is 0 Å². The third-order valence-corrected chi connectivity index (χ3v) is 4.25. The molecular weight excluding hydrogens is 280 g/mol. The van der Waals surface area contributed by atoms with Crippen molar-refractivity contribution in [3.63, 3.8) is 0 Å². The van der Waals surface area contributed by atoms with Crippen molar-refractivity contribution in [3.8, 4) is 11.5 Å². The molecule has 0 heterocycles. The summed E-state index contributed by atoms with van der Waals surface area (Å²) in [5.41, 5.74) is 1.05. The zero-order chi connectivity index (χ0) is 15.9. The first-order valence-corrected chi connectivity index (χ1v) is 8.02. The van der Waals surface area contributed by atoms with Crippen molar-refractivity contribution in [1.29, 1.82) is 0 Å². The Morgan fingerprint density at radius 1 is 1.18 bits per heavy atom. The largest absolute Gasteiger partial charge is 0.493 e. The highest BCUT2D eigenvalue weighted by Crippen LogP contribution is 2.28. The number of rotatable bonds is 6.